The Morgan fingerprint density at radius 1 is 0.920 bits per heavy atom. The van der Waals surface area contributed by atoms with E-state index in [1.807, 2.05) is 43.4 Å². The number of fused-ring (bicyclic) bond motifs is 2. The number of quaternary nitrogens is 1. The fourth-order valence-electron chi connectivity index (χ4n) is 3.67. The summed E-state index contributed by atoms with van der Waals surface area (Å²) in [7, 11) is 4.14. The topological polar surface area (TPSA) is 23.6 Å². The summed E-state index contributed by atoms with van der Waals surface area (Å²) in [6, 6.07) is 16.1. The van der Waals surface area contributed by atoms with Crippen LogP contribution in [0.5, 0.6) is 0 Å². The maximum Gasteiger partial charge on any atom is 0.260 e. The third-order valence-electron chi connectivity index (χ3n) is 5.92. The Kier molecular flexibility index (Phi) is 4.56. The lowest BCUT2D eigenvalue weighted by Crippen LogP contribution is -2.57. The van der Waals surface area contributed by atoms with Crippen LogP contribution in [-0.2, 0) is 0 Å². The Hall–Kier alpha value is -2.33. The van der Waals surface area contributed by atoms with Crippen molar-refractivity contribution in [1.82, 2.24) is 0 Å². The number of nitrogens with zero attached hydrogens (tertiary/aromatic N) is 3. The molecule has 2 aromatic carbocycles. The van der Waals surface area contributed by atoms with Crippen LogP contribution in [0.25, 0.3) is 0 Å². The monoisotopic (exact) mass is 338 g/mol. The molecule has 0 spiro atoms. The van der Waals surface area contributed by atoms with Gasteiger partial charge in [0.2, 0.25) is 0 Å². The molecule has 4 heteroatoms. The minimum absolute atomic E-state index is 0.0416. The molecule has 0 aliphatic carbocycles. The van der Waals surface area contributed by atoms with Gasteiger partial charge in [-0.15, -0.1) is 0 Å². The Balaban J connectivity index is 2.28. The molecule has 4 nitrogen and oxygen atoms in total. The van der Waals surface area contributed by atoms with Crippen LogP contribution in [0.3, 0.4) is 0 Å². The van der Waals surface area contributed by atoms with Crippen molar-refractivity contribution in [3.63, 3.8) is 0 Å². The molecule has 0 saturated carbocycles. The van der Waals surface area contributed by atoms with Crippen LogP contribution in [0.4, 0.5) is 17.1 Å². The quantitative estimate of drug-likeness (QED) is 0.778. The van der Waals surface area contributed by atoms with Crippen LogP contribution >= 0.6 is 0 Å². The van der Waals surface area contributed by atoms with Crippen LogP contribution < -0.4 is 9.80 Å². The second-order valence-electron chi connectivity index (χ2n) is 6.98. The fraction of sp³-hybridized carbons (Fsp3) is 0.381. The highest BCUT2D eigenvalue weighted by Gasteiger charge is 2.37. The van der Waals surface area contributed by atoms with E-state index in [9.17, 15) is 4.79 Å². The second kappa shape index (κ2) is 6.52. The van der Waals surface area contributed by atoms with Gasteiger partial charge in [0.15, 0.2) is 6.17 Å². The number of hydrogen-bond acceptors (Lipinski definition) is 2. The summed E-state index contributed by atoms with van der Waals surface area (Å²) in [6.45, 7) is 8.78. The average molecular weight is 338 g/mol. The fourth-order valence-corrected chi connectivity index (χ4v) is 3.67. The van der Waals surface area contributed by atoms with E-state index in [4.69, 9.17) is 0 Å². The molecule has 0 N–H and O–H groups in total. The highest BCUT2D eigenvalue weighted by molar-refractivity contribution is 6.13. The van der Waals surface area contributed by atoms with Crippen LogP contribution in [0.2, 0.25) is 0 Å². The first-order chi connectivity index (χ1) is 11.9. The van der Waals surface area contributed by atoms with Gasteiger partial charge in [0.1, 0.15) is 0 Å². The first-order valence-electron chi connectivity index (χ1n) is 9.04. The molecule has 0 fully saturated rings. The van der Waals surface area contributed by atoms with Crippen LogP contribution in [0.15, 0.2) is 48.5 Å². The molecule has 3 rings (SSSR count). The van der Waals surface area contributed by atoms with Gasteiger partial charge in [-0.2, -0.15) is 0 Å². The second-order valence-corrected chi connectivity index (χ2v) is 6.98. The zero-order chi connectivity index (χ0) is 18.2. The van der Waals surface area contributed by atoms with E-state index >= 15 is 0 Å². The normalized spacial score (nSPS) is 15.5. The summed E-state index contributed by atoms with van der Waals surface area (Å²) in [5, 5.41) is 0. The predicted molar refractivity (Wildman–Crippen MR) is 104 cm³/mol. The number of hydrogen-bond donors (Lipinski definition) is 0. The summed E-state index contributed by atoms with van der Waals surface area (Å²) in [6.07, 6.45) is 0.205. The van der Waals surface area contributed by atoms with Gasteiger partial charge in [-0.05, 0) is 38.1 Å². The van der Waals surface area contributed by atoms with E-state index < -0.39 is 0 Å². The lowest BCUT2D eigenvalue weighted by atomic mass is 10.1. The Labute approximate surface area is 150 Å². The number of carbonyl (C=O) groups excluding carboxylic acids is 1. The molecular formula is C21H28N3O+. The van der Waals surface area contributed by atoms with Crippen molar-refractivity contribution in [2.24, 2.45) is 0 Å². The largest absolute Gasteiger partial charge is 0.309 e. The Morgan fingerprint density at radius 3 is 2.04 bits per heavy atom. The molecular weight excluding hydrogens is 310 g/mol. The van der Waals surface area contributed by atoms with E-state index in [1.165, 1.54) is 0 Å². The standard InChI is InChI=1S/C21H28N3O/c1-6-24(5,7-2)16(3)23-18-13-9-8-12-17(18)21(25)22(4)19-14-10-11-15-20(19)23/h8-16H,6-7H2,1-5H3/q+1. The SMILES string of the molecule is CC[N+](C)(CC)C(C)N1c2ccccc2C(=O)N(C)c2ccccc21. The minimum atomic E-state index is 0.0416. The van der Waals surface area contributed by atoms with E-state index in [2.05, 4.69) is 44.9 Å². The van der Waals surface area contributed by atoms with E-state index in [0.29, 0.717) is 0 Å². The summed E-state index contributed by atoms with van der Waals surface area (Å²) < 4.78 is 0.903. The lowest BCUT2D eigenvalue weighted by Gasteiger charge is -2.45. The molecule has 1 unspecified atom stereocenters. The highest BCUT2D eigenvalue weighted by Crippen LogP contribution is 2.42. The number of rotatable bonds is 4. The number of anilines is 3. The van der Waals surface area contributed by atoms with E-state index in [1.54, 1.807) is 4.90 Å². The third-order valence-corrected chi connectivity index (χ3v) is 5.92. The van der Waals surface area contributed by atoms with E-state index in [-0.39, 0.29) is 12.1 Å². The van der Waals surface area contributed by atoms with Crippen molar-refractivity contribution < 1.29 is 9.28 Å². The molecule has 2 aromatic rings. The molecule has 1 amide bonds. The predicted octanol–water partition coefficient (Wildman–Crippen LogP) is 4.25. The van der Waals surface area contributed by atoms with Gasteiger partial charge in [0.05, 0.1) is 42.8 Å². The van der Waals surface area contributed by atoms with Crippen molar-refractivity contribution in [2.75, 3.05) is 37.0 Å². The molecule has 0 radical (unpaired) electrons. The van der Waals surface area contributed by atoms with Crippen LogP contribution in [-0.4, -0.2) is 43.7 Å². The van der Waals surface area contributed by atoms with E-state index in [0.717, 1.165) is 40.2 Å². The van der Waals surface area contributed by atoms with Gasteiger partial charge in [-0.25, -0.2) is 0 Å². The molecule has 1 aliphatic rings. The van der Waals surface area contributed by atoms with Crippen LogP contribution in [0.1, 0.15) is 31.1 Å². The van der Waals surface area contributed by atoms with Crippen molar-refractivity contribution in [2.45, 2.75) is 26.9 Å². The number of carbonyl (C=O) groups is 1. The van der Waals surface area contributed by atoms with Crippen molar-refractivity contribution in [3.05, 3.63) is 54.1 Å². The maximum atomic E-state index is 13.1. The zero-order valence-corrected chi connectivity index (χ0v) is 15.9. The van der Waals surface area contributed by atoms with Gasteiger partial charge >= 0.3 is 0 Å². The van der Waals surface area contributed by atoms with Gasteiger partial charge in [0, 0.05) is 14.0 Å². The highest BCUT2D eigenvalue weighted by atomic mass is 16.2. The molecule has 132 valence electrons. The lowest BCUT2D eigenvalue weighted by molar-refractivity contribution is -0.927. The van der Waals surface area contributed by atoms with Gasteiger partial charge in [-0.1, -0.05) is 24.3 Å². The smallest absolute Gasteiger partial charge is 0.260 e. The summed E-state index contributed by atoms with van der Waals surface area (Å²) in [4.78, 5) is 17.2. The zero-order valence-electron chi connectivity index (χ0n) is 15.9. The average Bonchev–Trinajstić information content (AvgIpc) is 2.75. The maximum absolute atomic E-state index is 13.1. The summed E-state index contributed by atoms with van der Waals surface area (Å²) in [5.74, 6) is 0.0416. The molecule has 1 atom stereocenters. The number of para-hydroxylation sites is 3. The Bertz CT molecular complexity index is 782. The van der Waals surface area contributed by atoms with Crippen molar-refractivity contribution >= 4 is 23.0 Å². The first-order valence-corrected chi connectivity index (χ1v) is 9.04. The van der Waals surface area contributed by atoms with Crippen LogP contribution in [0, 0.1) is 0 Å². The number of amides is 1. The molecule has 25 heavy (non-hydrogen) atoms. The minimum Gasteiger partial charge on any atom is -0.309 e. The Morgan fingerprint density at radius 2 is 1.44 bits per heavy atom. The van der Waals surface area contributed by atoms with Gasteiger partial charge in [0.25, 0.3) is 5.91 Å². The molecule has 0 aromatic heterocycles. The van der Waals surface area contributed by atoms with Crippen molar-refractivity contribution in [1.29, 1.82) is 0 Å². The van der Waals surface area contributed by atoms with Gasteiger partial charge in [-0.3, -0.25) is 9.69 Å². The molecule has 0 saturated heterocycles. The molecule has 1 heterocycles. The number of benzene rings is 2. The molecule has 0 bridgehead atoms. The first kappa shape index (κ1) is 17.5. The molecule has 1 aliphatic heterocycles. The third kappa shape index (κ3) is 2.71. The van der Waals surface area contributed by atoms with Gasteiger partial charge < -0.3 is 9.38 Å². The van der Waals surface area contributed by atoms with Crippen molar-refractivity contribution in [3.8, 4) is 0 Å². The summed E-state index contributed by atoms with van der Waals surface area (Å²) >= 11 is 0. The summed E-state index contributed by atoms with van der Waals surface area (Å²) in [5.41, 5.74) is 3.78.